The quantitative estimate of drug-likeness (QED) is 0.905. The van der Waals surface area contributed by atoms with Crippen molar-refractivity contribution in [3.8, 4) is 0 Å². The molecular formula is C16H23N3O. The third kappa shape index (κ3) is 2.70. The van der Waals surface area contributed by atoms with Crippen molar-refractivity contribution in [3.05, 3.63) is 35.5 Å². The molecule has 1 N–H and O–H groups in total. The Balaban J connectivity index is 2.09. The third-order valence-electron chi connectivity index (χ3n) is 3.98. The molecule has 0 spiro atoms. The average molecular weight is 273 g/mol. The minimum Gasteiger partial charge on any atom is -0.346 e. The smallest absolute Gasteiger partial charge is 0.236 e. The van der Waals surface area contributed by atoms with Gasteiger partial charge >= 0.3 is 0 Å². The highest BCUT2D eigenvalue weighted by atomic mass is 16.2. The Labute approximate surface area is 120 Å². The Morgan fingerprint density at radius 1 is 1.35 bits per heavy atom. The average Bonchev–Trinajstić information content (AvgIpc) is 2.71. The molecule has 1 aromatic carbocycles. The lowest BCUT2D eigenvalue weighted by Crippen LogP contribution is -2.35. The second-order valence-electron chi connectivity index (χ2n) is 5.16. The fourth-order valence-electron chi connectivity index (χ4n) is 2.49. The Morgan fingerprint density at radius 3 is 2.70 bits per heavy atom. The Bertz CT molecular complexity index is 576. The van der Waals surface area contributed by atoms with E-state index in [0.29, 0.717) is 13.1 Å². The summed E-state index contributed by atoms with van der Waals surface area (Å²) in [6.07, 6.45) is 0. The minimum absolute atomic E-state index is 0.129. The molecule has 20 heavy (non-hydrogen) atoms. The predicted molar refractivity (Wildman–Crippen MR) is 82.7 cm³/mol. The zero-order valence-corrected chi connectivity index (χ0v) is 12.7. The van der Waals surface area contributed by atoms with Crippen molar-refractivity contribution in [2.45, 2.75) is 20.4 Å². The van der Waals surface area contributed by atoms with E-state index >= 15 is 0 Å². The standard InChI is InChI=1S/C16H23N3O/c1-5-18(3)16(20)11-17-10-15-12(2)13-8-6-7-9-14(13)19(15)4/h6-9,17H,5,10-11H2,1-4H3. The minimum atomic E-state index is 0.129. The molecule has 0 bridgehead atoms. The van der Waals surface area contributed by atoms with Crippen LogP contribution in [0, 0.1) is 6.92 Å². The maximum absolute atomic E-state index is 11.8. The van der Waals surface area contributed by atoms with Gasteiger partial charge in [-0.3, -0.25) is 4.79 Å². The molecule has 0 aliphatic carbocycles. The number of rotatable bonds is 5. The van der Waals surface area contributed by atoms with Gasteiger partial charge in [-0.2, -0.15) is 0 Å². The summed E-state index contributed by atoms with van der Waals surface area (Å²) in [5.41, 5.74) is 3.75. The number of hydrogen-bond donors (Lipinski definition) is 1. The van der Waals surface area contributed by atoms with Crippen LogP contribution >= 0.6 is 0 Å². The van der Waals surface area contributed by atoms with E-state index in [1.54, 1.807) is 4.90 Å². The van der Waals surface area contributed by atoms with Crippen molar-refractivity contribution < 1.29 is 4.79 Å². The number of amides is 1. The van der Waals surface area contributed by atoms with Crippen LogP contribution < -0.4 is 5.32 Å². The highest BCUT2D eigenvalue weighted by molar-refractivity contribution is 5.85. The summed E-state index contributed by atoms with van der Waals surface area (Å²) in [6, 6.07) is 8.39. The summed E-state index contributed by atoms with van der Waals surface area (Å²) in [4.78, 5) is 13.5. The molecule has 108 valence electrons. The molecule has 0 saturated heterocycles. The molecule has 1 amide bonds. The Morgan fingerprint density at radius 2 is 2.05 bits per heavy atom. The zero-order chi connectivity index (χ0) is 14.7. The maximum atomic E-state index is 11.8. The highest BCUT2D eigenvalue weighted by Gasteiger charge is 2.11. The lowest BCUT2D eigenvalue weighted by Gasteiger charge is -2.15. The number of hydrogen-bond acceptors (Lipinski definition) is 2. The number of carbonyl (C=O) groups is 1. The van der Waals surface area contributed by atoms with E-state index < -0.39 is 0 Å². The van der Waals surface area contributed by atoms with E-state index in [9.17, 15) is 4.79 Å². The van der Waals surface area contributed by atoms with Crippen molar-refractivity contribution in [3.63, 3.8) is 0 Å². The van der Waals surface area contributed by atoms with Gasteiger partial charge in [-0.1, -0.05) is 18.2 Å². The first kappa shape index (κ1) is 14.6. The number of nitrogens with zero attached hydrogens (tertiary/aromatic N) is 2. The van der Waals surface area contributed by atoms with Gasteiger partial charge in [-0.25, -0.2) is 0 Å². The summed E-state index contributed by atoms with van der Waals surface area (Å²) in [5.74, 6) is 0.129. The molecule has 0 saturated carbocycles. The molecule has 2 aromatic rings. The molecule has 0 atom stereocenters. The van der Waals surface area contributed by atoms with E-state index in [1.807, 2.05) is 14.0 Å². The molecule has 0 unspecified atom stereocenters. The van der Waals surface area contributed by atoms with Crippen LogP contribution in [0.5, 0.6) is 0 Å². The van der Waals surface area contributed by atoms with E-state index in [2.05, 4.69) is 48.1 Å². The van der Waals surface area contributed by atoms with Gasteiger partial charge in [0.25, 0.3) is 0 Å². The van der Waals surface area contributed by atoms with Crippen molar-refractivity contribution in [1.29, 1.82) is 0 Å². The third-order valence-corrected chi connectivity index (χ3v) is 3.98. The number of likely N-dealkylation sites (N-methyl/N-ethyl adjacent to an activating group) is 1. The van der Waals surface area contributed by atoms with Gasteiger partial charge in [0.1, 0.15) is 0 Å². The van der Waals surface area contributed by atoms with Gasteiger partial charge in [-0.05, 0) is 25.5 Å². The molecule has 1 heterocycles. The lowest BCUT2D eigenvalue weighted by molar-refractivity contribution is -0.128. The Hall–Kier alpha value is -1.81. The monoisotopic (exact) mass is 273 g/mol. The highest BCUT2D eigenvalue weighted by Crippen LogP contribution is 2.24. The fourth-order valence-corrected chi connectivity index (χ4v) is 2.49. The second-order valence-corrected chi connectivity index (χ2v) is 5.16. The lowest BCUT2D eigenvalue weighted by atomic mass is 10.1. The number of carbonyl (C=O) groups excluding carboxylic acids is 1. The van der Waals surface area contributed by atoms with Crippen molar-refractivity contribution in [2.75, 3.05) is 20.1 Å². The molecule has 0 aliphatic rings. The normalized spacial score (nSPS) is 11.0. The van der Waals surface area contributed by atoms with Gasteiger partial charge in [-0.15, -0.1) is 0 Å². The van der Waals surface area contributed by atoms with Crippen LogP contribution in [0.25, 0.3) is 10.9 Å². The number of aromatic nitrogens is 1. The van der Waals surface area contributed by atoms with Gasteiger partial charge in [0.05, 0.1) is 6.54 Å². The van der Waals surface area contributed by atoms with Crippen LogP contribution in [-0.2, 0) is 18.4 Å². The molecule has 2 rings (SSSR count). The number of fused-ring (bicyclic) bond motifs is 1. The maximum Gasteiger partial charge on any atom is 0.236 e. The molecule has 0 aliphatic heterocycles. The van der Waals surface area contributed by atoms with Crippen molar-refractivity contribution in [1.82, 2.24) is 14.8 Å². The first-order valence-electron chi connectivity index (χ1n) is 7.03. The zero-order valence-electron chi connectivity index (χ0n) is 12.7. The number of aryl methyl sites for hydroxylation is 2. The van der Waals surface area contributed by atoms with E-state index in [4.69, 9.17) is 0 Å². The van der Waals surface area contributed by atoms with Crippen molar-refractivity contribution >= 4 is 16.8 Å². The number of benzene rings is 1. The van der Waals surface area contributed by atoms with E-state index in [0.717, 1.165) is 6.54 Å². The molecule has 1 aromatic heterocycles. The largest absolute Gasteiger partial charge is 0.346 e. The van der Waals surface area contributed by atoms with Crippen molar-refractivity contribution in [2.24, 2.45) is 7.05 Å². The summed E-state index contributed by atoms with van der Waals surface area (Å²) >= 11 is 0. The van der Waals surface area contributed by atoms with Crippen LogP contribution in [-0.4, -0.2) is 35.5 Å². The molecule has 0 radical (unpaired) electrons. The van der Waals surface area contributed by atoms with Crippen LogP contribution in [0.1, 0.15) is 18.2 Å². The number of nitrogens with one attached hydrogen (secondary N) is 1. The first-order valence-corrected chi connectivity index (χ1v) is 7.03. The van der Waals surface area contributed by atoms with Gasteiger partial charge in [0.2, 0.25) is 5.91 Å². The summed E-state index contributed by atoms with van der Waals surface area (Å²) in [6.45, 7) is 5.95. The Kier molecular flexibility index (Phi) is 4.45. The predicted octanol–water partition coefficient (Wildman–Crippen LogP) is 2.05. The molecule has 4 heteroatoms. The fraction of sp³-hybridized carbons (Fsp3) is 0.438. The van der Waals surface area contributed by atoms with Gasteiger partial charge in [0, 0.05) is 43.8 Å². The van der Waals surface area contributed by atoms with Crippen LogP contribution in [0.2, 0.25) is 0 Å². The SMILES string of the molecule is CCN(C)C(=O)CNCc1c(C)c2ccccc2n1C. The molecule has 4 nitrogen and oxygen atoms in total. The van der Waals surface area contributed by atoms with E-state index in [1.165, 1.54) is 22.2 Å². The summed E-state index contributed by atoms with van der Waals surface area (Å²) < 4.78 is 2.20. The second kappa shape index (κ2) is 6.09. The molecule has 0 fully saturated rings. The van der Waals surface area contributed by atoms with Crippen LogP contribution in [0.3, 0.4) is 0 Å². The summed E-state index contributed by atoms with van der Waals surface area (Å²) in [5, 5.41) is 4.53. The first-order chi connectivity index (χ1) is 9.56. The van der Waals surface area contributed by atoms with Gasteiger partial charge < -0.3 is 14.8 Å². The van der Waals surface area contributed by atoms with E-state index in [-0.39, 0.29) is 5.91 Å². The van der Waals surface area contributed by atoms with Crippen LogP contribution in [0.15, 0.2) is 24.3 Å². The molecular weight excluding hydrogens is 250 g/mol. The topological polar surface area (TPSA) is 37.3 Å². The van der Waals surface area contributed by atoms with Crippen LogP contribution in [0.4, 0.5) is 0 Å². The summed E-state index contributed by atoms with van der Waals surface area (Å²) in [7, 11) is 3.90. The van der Waals surface area contributed by atoms with Gasteiger partial charge in [0.15, 0.2) is 0 Å². The number of para-hydroxylation sites is 1.